The molecule has 0 amide bonds. The molecule has 1 aromatic rings. The molecule has 0 spiro atoms. The van der Waals surface area contributed by atoms with Gasteiger partial charge in [-0.2, -0.15) is 0 Å². The maximum absolute atomic E-state index is 3.52. The maximum atomic E-state index is 3.52. The highest BCUT2D eigenvalue weighted by atomic mass is 79.9. The van der Waals surface area contributed by atoms with Crippen LogP contribution < -0.4 is 5.32 Å². The molecule has 0 aliphatic rings. The third kappa shape index (κ3) is 6.32. The molecule has 0 aliphatic carbocycles. The van der Waals surface area contributed by atoms with Gasteiger partial charge in [0.05, 0.1) is 3.79 Å². The second-order valence-electron chi connectivity index (χ2n) is 5.77. The molecule has 1 aromatic heterocycles. The molecule has 0 unspecified atom stereocenters. The van der Waals surface area contributed by atoms with E-state index in [1.54, 1.807) is 11.3 Å². The van der Waals surface area contributed by atoms with Gasteiger partial charge in [0.1, 0.15) is 0 Å². The number of hydrogen-bond acceptors (Lipinski definition) is 3. The van der Waals surface area contributed by atoms with Crippen molar-refractivity contribution in [3.05, 3.63) is 20.8 Å². The first-order valence-corrected chi connectivity index (χ1v) is 8.22. The number of halogens is 1. The standard InChI is InChI=1S/C14H25BrN2S/c1-5-6-16-10-14(2,3)11-17(4)8-12-7-13(15)18-9-12/h7,9,16H,5-6,8,10-11H2,1-4H3. The van der Waals surface area contributed by atoms with Crippen molar-refractivity contribution in [2.24, 2.45) is 5.41 Å². The van der Waals surface area contributed by atoms with Crippen LogP contribution in [0.1, 0.15) is 32.8 Å². The fourth-order valence-electron chi connectivity index (χ4n) is 2.19. The Balaban J connectivity index is 2.35. The van der Waals surface area contributed by atoms with E-state index in [1.165, 1.54) is 15.8 Å². The monoisotopic (exact) mass is 332 g/mol. The Bertz CT molecular complexity index is 349. The summed E-state index contributed by atoms with van der Waals surface area (Å²) in [5, 5.41) is 5.74. The van der Waals surface area contributed by atoms with Crippen LogP contribution in [0.4, 0.5) is 0 Å². The summed E-state index contributed by atoms with van der Waals surface area (Å²) in [5.74, 6) is 0. The van der Waals surface area contributed by atoms with E-state index in [4.69, 9.17) is 0 Å². The lowest BCUT2D eigenvalue weighted by Gasteiger charge is -2.30. The Morgan fingerprint density at radius 1 is 1.44 bits per heavy atom. The summed E-state index contributed by atoms with van der Waals surface area (Å²) < 4.78 is 1.22. The van der Waals surface area contributed by atoms with Crippen LogP contribution in [-0.2, 0) is 6.54 Å². The summed E-state index contributed by atoms with van der Waals surface area (Å²) >= 11 is 5.27. The second-order valence-corrected chi connectivity index (χ2v) is 8.06. The first-order chi connectivity index (χ1) is 8.43. The largest absolute Gasteiger partial charge is 0.316 e. The lowest BCUT2D eigenvalue weighted by atomic mass is 9.92. The molecule has 1 heterocycles. The first-order valence-electron chi connectivity index (χ1n) is 6.55. The van der Waals surface area contributed by atoms with Crippen molar-refractivity contribution in [1.29, 1.82) is 0 Å². The van der Waals surface area contributed by atoms with E-state index >= 15 is 0 Å². The molecular formula is C14H25BrN2S. The molecule has 18 heavy (non-hydrogen) atoms. The van der Waals surface area contributed by atoms with Gasteiger partial charge in [-0.25, -0.2) is 0 Å². The average molecular weight is 333 g/mol. The molecule has 0 radical (unpaired) electrons. The van der Waals surface area contributed by atoms with E-state index < -0.39 is 0 Å². The van der Waals surface area contributed by atoms with Gasteiger partial charge in [-0.15, -0.1) is 11.3 Å². The number of thiophene rings is 1. The third-order valence-corrected chi connectivity index (χ3v) is 4.36. The van der Waals surface area contributed by atoms with Crippen molar-refractivity contribution in [3.63, 3.8) is 0 Å². The molecule has 4 heteroatoms. The highest BCUT2D eigenvalue weighted by Gasteiger charge is 2.19. The fourth-order valence-corrected chi connectivity index (χ4v) is 3.39. The van der Waals surface area contributed by atoms with Crippen LogP contribution in [0.2, 0.25) is 0 Å². The highest BCUT2D eigenvalue weighted by Crippen LogP contribution is 2.22. The van der Waals surface area contributed by atoms with Crippen LogP contribution in [0.15, 0.2) is 15.2 Å². The molecule has 1 rings (SSSR count). The molecule has 2 nitrogen and oxygen atoms in total. The van der Waals surface area contributed by atoms with Crippen molar-refractivity contribution < 1.29 is 0 Å². The molecule has 1 N–H and O–H groups in total. The quantitative estimate of drug-likeness (QED) is 0.724. The number of hydrogen-bond donors (Lipinski definition) is 1. The molecule has 0 fully saturated rings. The van der Waals surface area contributed by atoms with Gasteiger partial charge in [-0.05, 0) is 58.4 Å². The van der Waals surface area contributed by atoms with E-state index in [0.717, 1.165) is 26.2 Å². The predicted molar refractivity (Wildman–Crippen MR) is 85.3 cm³/mol. The number of nitrogens with one attached hydrogen (secondary N) is 1. The summed E-state index contributed by atoms with van der Waals surface area (Å²) in [6.45, 7) is 11.2. The van der Waals surface area contributed by atoms with Crippen molar-refractivity contribution in [2.45, 2.75) is 33.7 Å². The normalized spacial score (nSPS) is 12.3. The minimum absolute atomic E-state index is 0.317. The van der Waals surface area contributed by atoms with E-state index in [0.29, 0.717) is 5.41 Å². The maximum Gasteiger partial charge on any atom is 0.0701 e. The minimum Gasteiger partial charge on any atom is -0.316 e. The van der Waals surface area contributed by atoms with E-state index in [2.05, 4.69) is 65.4 Å². The number of nitrogens with zero attached hydrogens (tertiary/aromatic N) is 1. The summed E-state index contributed by atoms with van der Waals surface area (Å²) in [5.41, 5.74) is 1.71. The van der Waals surface area contributed by atoms with Crippen LogP contribution in [0.25, 0.3) is 0 Å². The van der Waals surface area contributed by atoms with Gasteiger partial charge in [0.25, 0.3) is 0 Å². The lowest BCUT2D eigenvalue weighted by Crippen LogP contribution is -2.38. The number of rotatable bonds is 8. The van der Waals surface area contributed by atoms with E-state index in [1.807, 2.05) is 0 Å². The van der Waals surface area contributed by atoms with Gasteiger partial charge >= 0.3 is 0 Å². The molecule has 0 atom stereocenters. The SMILES string of the molecule is CCCNCC(C)(C)CN(C)Cc1csc(Br)c1. The molecule has 0 bridgehead atoms. The van der Waals surface area contributed by atoms with Crippen molar-refractivity contribution >= 4 is 27.3 Å². The van der Waals surface area contributed by atoms with Crippen LogP contribution in [0.5, 0.6) is 0 Å². The van der Waals surface area contributed by atoms with Crippen LogP contribution in [-0.4, -0.2) is 31.6 Å². The van der Waals surface area contributed by atoms with Gasteiger partial charge < -0.3 is 10.2 Å². The van der Waals surface area contributed by atoms with Gasteiger partial charge in [0, 0.05) is 19.6 Å². The third-order valence-electron chi connectivity index (χ3n) is 2.80. The Morgan fingerprint density at radius 3 is 2.72 bits per heavy atom. The minimum atomic E-state index is 0.317. The lowest BCUT2D eigenvalue weighted by molar-refractivity contribution is 0.199. The molecular weight excluding hydrogens is 308 g/mol. The van der Waals surface area contributed by atoms with Crippen LogP contribution >= 0.6 is 27.3 Å². The van der Waals surface area contributed by atoms with Gasteiger partial charge in [0.15, 0.2) is 0 Å². The zero-order chi connectivity index (χ0) is 13.6. The average Bonchev–Trinajstić information content (AvgIpc) is 2.63. The Morgan fingerprint density at radius 2 is 2.17 bits per heavy atom. The molecule has 104 valence electrons. The highest BCUT2D eigenvalue weighted by molar-refractivity contribution is 9.11. The zero-order valence-electron chi connectivity index (χ0n) is 11.9. The van der Waals surface area contributed by atoms with E-state index in [-0.39, 0.29) is 0 Å². The fraction of sp³-hybridized carbons (Fsp3) is 0.714. The van der Waals surface area contributed by atoms with E-state index in [9.17, 15) is 0 Å². The summed E-state index contributed by atoms with van der Waals surface area (Å²) in [4.78, 5) is 2.40. The zero-order valence-corrected chi connectivity index (χ0v) is 14.3. The Kier molecular flexibility index (Phi) is 6.85. The van der Waals surface area contributed by atoms with Gasteiger partial charge in [0.2, 0.25) is 0 Å². The Labute approximate surface area is 124 Å². The molecule has 0 aromatic carbocycles. The van der Waals surface area contributed by atoms with Crippen molar-refractivity contribution in [1.82, 2.24) is 10.2 Å². The first kappa shape index (κ1) is 16.2. The predicted octanol–water partition coefficient (Wildman–Crippen LogP) is 3.97. The summed E-state index contributed by atoms with van der Waals surface area (Å²) in [6.07, 6.45) is 1.20. The van der Waals surface area contributed by atoms with Crippen molar-refractivity contribution in [3.8, 4) is 0 Å². The van der Waals surface area contributed by atoms with Crippen LogP contribution in [0, 0.1) is 5.41 Å². The smallest absolute Gasteiger partial charge is 0.0701 e. The summed E-state index contributed by atoms with van der Waals surface area (Å²) in [6, 6.07) is 2.21. The molecule has 0 saturated carbocycles. The Hall–Kier alpha value is 0.100. The van der Waals surface area contributed by atoms with Crippen molar-refractivity contribution in [2.75, 3.05) is 26.7 Å². The topological polar surface area (TPSA) is 15.3 Å². The van der Waals surface area contributed by atoms with Gasteiger partial charge in [-0.1, -0.05) is 20.8 Å². The molecule has 0 saturated heterocycles. The summed E-state index contributed by atoms with van der Waals surface area (Å²) in [7, 11) is 2.20. The second kappa shape index (κ2) is 7.63. The van der Waals surface area contributed by atoms with Crippen LogP contribution in [0.3, 0.4) is 0 Å². The molecule has 0 aliphatic heterocycles. The van der Waals surface area contributed by atoms with Gasteiger partial charge in [-0.3, -0.25) is 0 Å².